The average Bonchev–Trinajstić information content (AvgIpc) is 2.75. The van der Waals surface area contributed by atoms with Crippen LogP contribution in [-0.4, -0.2) is 48.4 Å². The van der Waals surface area contributed by atoms with E-state index in [1.165, 1.54) is 22.9 Å². The van der Waals surface area contributed by atoms with Gasteiger partial charge < -0.3 is 15.4 Å². The molecule has 2 aliphatic rings. The standard InChI is InChI=1S/C24H27N3O2/c1-27-13-12-21-20(18-7-3-2-4-8-18)10-11-23(22(21)16-27)26-24(28)19-9-5-6-17(14-19)15-25-29/h2-9,14-15,22-23,29H,10-13,16H2,1H3,(H,26,28)/b25-15+/t22-,23?/m0/s1. The molecule has 2 aromatic rings. The number of fused-ring (bicyclic) bond motifs is 1. The van der Waals surface area contributed by atoms with Crippen LogP contribution in [0.1, 0.15) is 40.7 Å². The summed E-state index contributed by atoms with van der Waals surface area (Å²) in [6.07, 6.45) is 4.32. The predicted octanol–water partition coefficient (Wildman–Crippen LogP) is 3.79. The first-order valence-corrected chi connectivity index (χ1v) is 10.2. The molecule has 1 fully saturated rings. The minimum atomic E-state index is -0.0704. The van der Waals surface area contributed by atoms with Gasteiger partial charge in [0, 0.05) is 30.6 Å². The lowest BCUT2D eigenvalue weighted by Crippen LogP contribution is -2.49. The van der Waals surface area contributed by atoms with Crippen LogP contribution in [0, 0.1) is 5.92 Å². The molecule has 1 amide bonds. The van der Waals surface area contributed by atoms with E-state index < -0.39 is 0 Å². The van der Waals surface area contributed by atoms with Crippen molar-refractivity contribution in [2.75, 3.05) is 20.1 Å². The highest BCUT2D eigenvalue weighted by Crippen LogP contribution is 2.40. The number of carbonyl (C=O) groups is 1. The third kappa shape index (κ3) is 4.25. The van der Waals surface area contributed by atoms with Gasteiger partial charge in [-0.3, -0.25) is 4.79 Å². The number of benzene rings is 2. The van der Waals surface area contributed by atoms with Gasteiger partial charge in [-0.05, 0) is 55.1 Å². The molecule has 150 valence electrons. The van der Waals surface area contributed by atoms with Crippen LogP contribution in [0.25, 0.3) is 5.57 Å². The number of amides is 1. The Hall–Kier alpha value is -2.92. The third-order valence-electron chi connectivity index (χ3n) is 6.09. The number of allylic oxidation sites excluding steroid dienone is 1. The lowest BCUT2D eigenvalue weighted by molar-refractivity contribution is 0.0908. The van der Waals surface area contributed by atoms with Crippen molar-refractivity contribution in [1.82, 2.24) is 10.2 Å². The molecule has 0 saturated carbocycles. The molecular weight excluding hydrogens is 362 g/mol. The first-order valence-electron chi connectivity index (χ1n) is 10.2. The maximum absolute atomic E-state index is 12.9. The van der Waals surface area contributed by atoms with E-state index >= 15 is 0 Å². The summed E-state index contributed by atoms with van der Waals surface area (Å²) >= 11 is 0. The smallest absolute Gasteiger partial charge is 0.251 e. The summed E-state index contributed by atoms with van der Waals surface area (Å²) in [5, 5.41) is 15.1. The Kier molecular flexibility index (Phi) is 5.76. The van der Waals surface area contributed by atoms with Crippen LogP contribution in [0.15, 0.2) is 65.3 Å². The summed E-state index contributed by atoms with van der Waals surface area (Å²) in [6, 6.07) is 17.9. The minimum Gasteiger partial charge on any atom is -0.411 e. The average molecular weight is 389 g/mol. The van der Waals surface area contributed by atoms with Crippen molar-refractivity contribution in [3.63, 3.8) is 0 Å². The summed E-state index contributed by atoms with van der Waals surface area (Å²) in [6.45, 7) is 2.03. The molecule has 2 N–H and O–H groups in total. The third-order valence-corrected chi connectivity index (χ3v) is 6.09. The fraction of sp³-hybridized carbons (Fsp3) is 0.333. The molecule has 0 aromatic heterocycles. The van der Waals surface area contributed by atoms with Crippen LogP contribution in [0.3, 0.4) is 0 Å². The largest absolute Gasteiger partial charge is 0.411 e. The summed E-state index contributed by atoms with van der Waals surface area (Å²) in [4.78, 5) is 15.3. The Morgan fingerprint density at radius 1 is 1.17 bits per heavy atom. The monoisotopic (exact) mass is 389 g/mol. The molecule has 0 radical (unpaired) electrons. The Labute approximate surface area is 171 Å². The zero-order chi connectivity index (χ0) is 20.2. The number of oxime groups is 1. The number of hydrogen-bond donors (Lipinski definition) is 2. The molecule has 2 atom stereocenters. The first-order chi connectivity index (χ1) is 14.2. The number of hydrogen-bond acceptors (Lipinski definition) is 4. The van der Waals surface area contributed by atoms with Crippen LogP contribution >= 0.6 is 0 Å². The molecule has 1 saturated heterocycles. The number of likely N-dealkylation sites (tertiary alicyclic amines) is 1. The van der Waals surface area contributed by atoms with Crippen molar-refractivity contribution in [3.05, 3.63) is 76.9 Å². The highest BCUT2D eigenvalue weighted by Gasteiger charge is 2.36. The molecular formula is C24H27N3O2. The number of rotatable bonds is 4. The number of nitrogens with one attached hydrogen (secondary N) is 1. The maximum Gasteiger partial charge on any atom is 0.251 e. The van der Waals surface area contributed by atoms with Gasteiger partial charge in [-0.25, -0.2) is 0 Å². The van der Waals surface area contributed by atoms with Crippen LogP contribution in [0.2, 0.25) is 0 Å². The van der Waals surface area contributed by atoms with Crippen molar-refractivity contribution in [3.8, 4) is 0 Å². The number of carbonyl (C=O) groups excluding carboxylic acids is 1. The van der Waals surface area contributed by atoms with E-state index in [-0.39, 0.29) is 11.9 Å². The SMILES string of the molecule is CN1CCC2=C(c3ccccc3)CCC(NC(=O)c3cccc(/C=N/O)c3)[C@H]2C1. The van der Waals surface area contributed by atoms with Crippen molar-refractivity contribution in [2.45, 2.75) is 25.3 Å². The molecule has 1 unspecified atom stereocenters. The van der Waals surface area contributed by atoms with E-state index in [0.29, 0.717) is 17.0 Å². The van der Waals surface area contributed by atoms with Gasteiger partial charge in [0.05, 0.1) is 6.21 Å². The highest BCUT2D eigenvalue weighted by atomic mass is 16.4. The fourth-order valence-corrected chi connectivity index (χ4v) is 4.66. The molecule has 1 heterocycles. The van der Waals surface area contributed by atoms with Crippen LogP contribution < -0.4 is 5.32 Å². The van der Waals surface area contributed by atoms with Gasteiger partial charge >= 0.3 is 0 Å². The Balaban J connectivity index is 1.58. The number of piperidine rings is 1. The normalized spacial score (nSPS) is 22.5. The maximum atomic E-state index is 12.9. The molecule has 1 aliphatic carbocycles. The Bertz CT molecular complexity index is 936. The van der Waals surface area contributed by atoms with Crippen LogP contribution in [0.4, 0.5) is 0 Å². The van der Waals surface area contributed by atoms with Gasteiger partial charge in [0.25, 0.3) is 5.91 Å². The minimum absolute atomic E-state index is 0.0704. The summed E-state index contributed by atoms with van der Waals surface area (Å²) in [7, 11) is 2.16. The summed E-state index contributed by atoms with van der Waals surface area (Å²) in [5.74, 6) is 0.266. The molecule has 29 heavy (non-hydrogen) atoms. The lowest BCUT2D eigenvalue weighted by Gasteiger charge is -2.42. The Morgan fingerprint density at radius 3 is 2.79 bits per heavy atom. The van der Waals surface area contributed by atoms with E-state index in [0.717, 1.165) is 32.4 Å². The quantitative estimate of drug-likeness (QED) is 0.475. The molecule has 1 aliphatic heterocycles. The van der Waals surface area contributed by atoms with Gasteiger partial charge in [0.1, 0.15) is 0 Å². The van der Waals surface area contributed by atoms with Crippen molar-refractivity contribution >= 4 is 17.7 Å². The van der Waals surface area contributed by atoms with E-state index in [1.807, 2.05) is 0 Å². The van der Waals surface area contributed by atoms with E-state index in [1.54, 1.807) is 24.3 Å². The first kappa shape index (κ1) is 19.4. The molecule has 0 bridgehead atoms. The molecule has 2 aromatic carbocycles. The van der Waals surface area contributed by atoms with E-state index in [9.17, 15) is 4.79 Å². The number of nitrogens with zero attached hydrogens (tertiary/aromatic N) is 2. The van der Waals surface area contributed by atoms with Crippen LogP contribution in [-0.2, 0) is 0 Å². The van der Waals surface area contributed by atoms with Gasteiger partial charge in [0.2, 0.25) is 0 Å². The van der Waals surface area contributed by atoms with Crippen LogP contribution in [0.5, 0.6) is 0 Å². The zero-order valence-corrected chi connectivity index (χ0v) is 16.7. The van der Waals surface area contributed by atoms with Crippen molar-refractivity contribution < 1.29 is 10.0 Å². The molecule has 4 rings (SSSR count). The van der Waals surface area contributed by atoms with Crippen molar-refractivity contribution in [2.24, 2.45) is 11.1 Å². The van der Waals surface area contributed by atoms with Gasteiger partial charge in [-0.1, -0.05) is 53.2 Å². The molecule has 0 spiro atoms. The summed E-state index contributed by atoms with van der Waals surface area (Å²) in [5.41, 5.74) is 5.58. The molecule has 5 nitrogen and oxygen atoms in total. The Morgan fingerprint density at radius 2 is 2.00 bits per heavy atom. The fourth-order valence-electron chi connectivity index (χ4n) is 4.66. The predicted molar refractivity (Wildman–Crippen MR) is 115 cm³/mol. The summed E-state index contributed by atoms with van der Waals surface area (Å²) < 4.78 is 0. The zero-order valence-electron chi connectivity index (χ0n) is 16.7. The topological polar surface area (TPSA) is 64.9 Å². The van der Waals surface area contributed by atoms with Gasteiger partial charge in [-0.15, -0.1) is 0 Å². The van der Waals surface area contributed by atoms with Gasteiger partial charge in [-0.2, -0.15) is 0 Å². The highest BCUT2D eigenvalue weighted by molar-refractivity contribution is 5.96. The second-order valence-electron chi connectivity index (χ2n) is 7.98. The second kappa shape index (κ2) is 8.62. The van der Waals surface area contributed by atoms with E-state index in [4.69, 9.17) is 5.21 Å². The van der Waals surface area contributed by atoms with E-state index in [2.05, 4.69) is 52.8 Å². The molecule has 5 heteroatoms. The van der Waals surface area contributed by atoms with Crippen molar-refractivity contribution in [1.29, 1.82) is 0 Å². The van der Waals surface area contributed by atoms with Gasteiger partial charge in [0.15, 0.2) is 0 Å². The second-order valence-corrected chi connectivity index (χ2v) is 7.98. The lowest BCUT2D eigenvalue weighted by atomic mass is 9.73.